The van der Waals surface area contributed by atoms with Gasteiger partial charge in [0.05, 0.1) is 6.04 Å². The molecule has 0 fully saturated rings. The van der Waals surface area contributed by atoms with E-state index in [1.807, 2.05) is 0 Å². The second-order valence-electron chi connectivity index (χ2n) is 11.6. The number of allylic oxidation sites excluding steroid dienone is 2. The van der Waals surface area contributed by atoms with E-state index < -0.39 is 0 Å². The van der Waals surface area contributed by atoms with Gasteiger partial charge in [0.25, 0.3) is 0 Å². The lowest BCUT2D eigenvalue weighted by atomic mass is 9.78. The maximum Gasteiger partial charge on any atom is 0.0787 e. The summed E-state index contributed by atoms with van der Waals surface area (Å²) in [6.45, 7) is 13.9. The number of anilines is 1. The molecule has 1 aliphatic carbocycles. The Hall–Kier alpha value is -3.84. The zero-order valence-corrected chi connectivity index (χ0v) is 22.6. The van der Waals surface area contributed by atoms with Gasteiger partial charge in [-0.05, 0) is 102 Å². The van der Waals surface area contributed by atoms with Gasteiger partial charge in [0, 0.05) is 22.4 Å². The van der Waals surface area contributed by atoms with E-state index >= 15 is 0 Å². The fourth-order valence-corrected chi connectivity index (χ4v) is 7.22. The summed E-state index contributed by atoms with van der Waals surface area (Å²) in [4.78, 5) is 2.61. The third-order valence-electron chi connectivity index (χ3n) is 9.05. The average Bonchev–Trinajstić information content (AvgIpc) is 3.11. The van der Waals surface area contributed by atoms with Crippen LogP contribution in [0.3, 0.4) is 0 Å². The van der Waals surface area contributed by atoms with Gasteiger partial charge in [-0.1, -0.05) is 86.1 Å². The molecule has 0 radical (unpaired) electrons. The number of hydrogen-bond acceptors (Lipinski definition) is 1. The standard InChI is InChI=1S/C36H33N/c1-21-16-22(2)35-23(3)24(4)37-33(30(35)17-21)19-27(25-12-8-7-9-13-25)29-18-28-26-14-10-11-15-31(26)36(5,6)32(28)20-34(29)37/h7-20,33H,1-6H3. The van der Waals surface area contributed by atoms with Gasteiger partial charge < -0.3 is 4.90 Å². The van der Waals surface area contributed by atoms with Crippen molar-refractivity contribution in [1.29, 1.82) is 0 Å². The summed E-state index contributed by atoms with van der Waals surface area (Å²) in [5.41, 5.74) is 19.1. The van der Waals surface area contributed by atoms with Crippen LogP contribution in [0.5, 0.6) is 0 Å². The summed E-state index contributed by atoms with van der Waals surface area (Å²) in [6, 6.07) is 29.8. The van der Waals surface area contributed by atoms with E-state index in [1.165, 1.54) is 78.2 Å². The number of nitrogens with zero attached hydrogens (tertiary/aromatic N) is 1. The van der Waals surface area contributed by atoms with E-state index in [9.17, 15) is 0 Å². The topological polar surface area (TPSA) is 3.24 Å². The molecule has 0 bridgehead atoms. The summed E-state index contributed by atoms with van der Waals surface area (Å²) >= 11 is 0. The number of rotatable bonds is 1. The molecule has 0 saturated carbocycles. The zero-order valence-electron chi connectivity index (χ0n) is 22.6. The predicted octanol–water partition coefficient (Wildman–Crippen LogP) is 9.37. The molecular formula is C36H33N. The van der Waals surface area contributed by atoms with E-state index in [1.54, 1.807) is 0 Å². The first kappa shape index (κ1) is 22.4. The Morgan fingerprint density at radius 1 is 0.703 bits per heavy atom. The molecule has 2 aliphatic heterocycles. The molecule has 2 heterocycles. The molecule has 3 aliphatic rings. The third-order valence-corrected chi connectivity index (χ3v) is 9.05. The number of benzene rings is 4. The van der Waals surface area contributed by atoms with Crippen LogP contribution in [0.4, 0.5) is 5.69 Å². The van der Waals surface area contributed by atoms with Gasteiger partial charge in [-0.2, -0.15) is 0 Å². The van der Waals surface area contributed by atoms with Crippen LogP contribution >= 0.6 is 0 Å². The molecule has 0 spiro atoms. The smallest absolute Gasteiger partial charge is 0.0787 e. The van der Waals surface area contributed by atoms with Crippen LogP contribution in [0.1, 0.15) is 78.2 Å². The summed E-state index contributed by atoms with van der Waals surface area (Å²) in [5.74, 6) is 0. The van der Waals surface area contributed by atoms with E-state index in [-0.39, 0.29) is 11.5 Å². The first-order valence-electron chi connectivity index (χ1n) is 13.4. The van der Waals surface area contributed by atoms with Crippen molar-refractivity contribution < 1.29 is 0 Å². The first-order valence-corrected chi connectivity index (χ1v) is 13.4. The quantitative estimate of drug-likeness (QED) is 0.263. The van der Waals surface area contributed by atoms with Crippen LogP contribution in [0.2, 0.25) is 0 Å². The molecular weight excluding hydrogens is 446 g/mol. The van der Waals surface area contributed by atoms with Gasteiger partial charge in [0.1, 0.15) is 0 Å². The fourth-order valence-electron chi connectivity index (χ4n) is 7.22. The summed E-state index contributed by atoms with van der Waals surface area (Å²) < 4.78 is 0. The lowest BCUT2D eigenvalue weighted by molar-refractivity contribution is 0.659. The minimum Gasteiger partial charge on any atom is -0.334 e. The maximum absolute atomic E-state index is 2.61. The van der Waals surface area contributed by atoms with Gasteiger partial charge in [-0.3, -0.25) is 0 Å². The van der Waals surface area contributed by atoms with Crippen LogP contribution in [0.15, 0.2) is 90.6 Å². The van der Waals surface area contributed by atoms with Crippen molar-refractivity contribution in [3.05, 3.63) is 135 Å². The number of fused-ring (bicyclic) bond motifs is 8. The van der Waals surface area contributed by atoms with Gasteiger partial charge in [-0.15, -0.1) is 0 Å². The van der Waals surface area contributed by atoms with Crippen molar-refractivity contribution in [3.8, 4) is 11.1 Å². The maximum atomic E-state index is 2.61. The van der Waals surface area contributed by atoms with Crippen LogP contribution in [0.25, 0.3) is 22.3 Å². The Kier molecular flexibility index (Phi) is 4.59. The van der Waals surface area contributed by atoms with Crippen molar-refractivity contribution in [2.45, 2.75) is 53.0 Å². The number of hydrogen-bond donors (Lipinski definition) is 0. The van der Waals surface area contributed by atoms with Crippen molar-refractivity contribution in [2.24, 2.45) is 0 Å². The molecule has 0 N–H and O–H groups in total. The highest BCUT2D eigenvalue weighted by molar-refractivity contribution is 5.97. The molecule has 0 aromatic heterocycles. The van der Waals surface area contributed by atoms with Crippen molar-refractivity contribution in [1.82, 2.24) is 0 Å². The van der Waals surface area contributed by atoms with E-state index in [0.717, 1.165) is 0 Å². The van der Waals surface area contributed by atoms with Gasteiger partial charge in [0.2, 0.25) is 0 Å². The summed E-state index contributed by atoms with van der Waals surface area (Å²) in [6.07, 6.45) is 2.52. The van der Waals surface area contributed by atoms with E-state index in [0.29, 0.717) is 0 Å². The van der Waals surface area contributed by atoms with Crippen LogP contribution in [0, 0.1) is 13.8 Å². The predicted molar refractivity (Wildman–Crippen MR) is 157 cm³/mol. The molecule has 1 heteroatoms. The monoisotopic (exact) mass is 479 g/mol. The van der Waals surface area contributed by atoms with E-state index in [4.69, 9.17) is 0 Å². The summed E-state index contributed by atoms with van der Waals surface area (Å²) in [7, 11) is 0. The largest absolute Gasteiger partial charge is 0.334 e. The SMILES string of the molecule is CC1=C(C)N2c3cc4c(cc3C(c3ccccc3)=CC2c2cc(C)cc(C)c21)-c1ccccc1C4(C)C. The Labute approximate surface area is 220 Å². The molecule has 1 nitrogen and oxygen atoms in total. The fraction of sp³-hybridized carbons (Fsp3) is 0.222. The lowest BCUT2D eigenvalue weighted by Gasteiger charge is -2.44. The van der Waals surface area contributed by atoms with Crippen LogP contribution < -0.4 is 4.90 Å². The molecule has 7 rings (SSSR count). The van der Waals surface area contributed by atoms with Crippen LogP contribution in [-0.4, -0.2) is 0 Å². The van der Waals surface area contributed by atoms with Crippen molar-refractivity contribution in [2.75, 3.05) is 4.90 Å². The van der Waals surface area contributed by atoms with Gasteiger partial charge >= 0.3 is 0 Å². The van der Waals surface area contributed by atoms with Crippen molar-refractivity contribution in [3.63, 3.8) is 0 Å². The molecule has 37 heavy (non-hydrogen) atoms. The van der Waals surface area contributed by atoms with Gasteiger partial charge in [0.15, 0.2) is 0 Å². The minimum atomic E-state index is -0.0297. The molecule has 0 saturated heterocycles. The molecule has 1 atom stereocenters. The first-order chi connectivity index (χ1) is 17.8. The molecule has 4 aromatic carbocycles. The minimum absolute atomic E-state index is 0.0297. The molecule has 0 amide bonds. The highest BCUT2D eigenvalue weighted by atomic mass is 15.2. The second kappa shape index (κ2) is 7.59. The zero-order chi connectivity index (χ0) is 25.6. The Bertz CT molecular complexity index is 1680. The Morgan fingerprint density at radius 2 is 1.43 bits per heavy atom. The van der Waals surface area contributed by atoms with Crippen molar-refractivity contribution >= 4 is 16.8 Å². The van der Waals surface area contributed by atoms with E-state index in [2.05, 4.69) is 131 Å². The number of aryl methyl sites for hydroxylation is 2. The molecule has 1 unspecified atom stereocenters. The Morgan fingerprint density at radius 3 is 2.22 bits per heavy atom. The third kappa shape index (κ3) is 2.98. The normalized spacial score (nSPS) is 18.5. The highest BCUT2D eigenvalue weighted by Gasteiger charge is 2.40. The lowest BCUT2D eigenvalue weighted by Crippen LogP contribution is -2.34. The summed E-state index contributed by atoms with van der Waals surface area (Å²) in [5, 5.41) is 0. The Balaban J connectivity index is 1.57. The molecule has 182 valence electrons. The second-order valence-corrected chi connectivity index (χ2v) is 11.6. The van der Waals surface area contributed by atoms with Crippen LogP contribution in [-0.2, 0) is 5.41 Å². The molecule has 4 aromatic rings. The average molecular weight is 480 g/mol. The van der Waals surface area contributed by atoms with Gasteiger partial charge in [-0.25, -0.2) is 0 Å². The highest BCUT2D eigenvalue weighted by Crippen LogP contribution is 2.56.